The minimum absolute atomic E-state index is 0.00679. The summed E-state index contributed by atoms with van der Waals surface area (Å²) in [6.07, 6.45) is 1.24. The van der Waals surface area contributed by atoms with Crippen LogP contribution in [0.1, 0.15) is 15.9 Å². The van der Waals surface area contributed by atoms with Crippen LogP contribution in [-0.2, 0) is 4.79 Å². The van der Waals surface area contributed by atoms with Crippen molar-refractivity contribution in [2.24, 2.45) is 5.10 Å². The fraction of sp³-hybridized carbons (Fsp3) is 0.0500. The molecule has 0 aliphatic rings. The summed E-state index contributed by atoms with van der Waals surface area (Å²) in [5.41, 5.74) is 2.85. The molecule has 0 bridgehead atoms. The number of carbonyl (C=O) groups excluding carboxylic acids is 2. The lowest BCUT2D eigenvalue weighted by molar-refractivity contribution is -0.384. The van der Waals surface area contributed by atoms with Gasteiger partial charge >= 0.3 is 0 Å². The molecular formula is C20H15ClN4O4. The number of nitro groups is 1. The van der Waals surface area contributed by atoms with Gasteiger partial charge in [0.1, 0.15) is 5.02 Å². The second-order valence-corrected chi connectivity index (χ2v) is 6.38. The van der Waals surface area contributed by atoms with Crippen LogP contribution in [0.4, 0.5) is 5.69 Å². The van der Waals surface area contributed by atoms with Gasteiger partial charge in [-0.15, -0.1) is 0 Å². The fourth-order valence-electron chi connectivity index (χ4n) is 2.65. The number of nitrogens with zero attached hydrogens (tertiary/aromatic N) is 2. The zero-order chi connectivity index (χ0) is 20.8. The Morgan fingerprint density at radius 2 is 1.86 bits per heavy atom. The molecule has 3 aromatic carbocycles. The maximum absolute atomic E-state index is 12.4. The number of nitro benzene ring substituents is 1. The van der Waals surface area contributed by atoms with Crippen molar-refractivity contribution in [3.05, 3.63) is 86.9 Å². The Morgan fingerprint density at radius 1 is 1.10 bits per heavy atom. The molecule has 0 saturated heterocycles. The summed E-state index contributed by atoms with van der Waals surface area (Å²) in [5.74, 6) is -0.924. The highest BCUT2D eigenvalue weighted by molar-refractivity contribution is 6.32. The lowest BCUT2D eigenvalue weighted by Gasteiger charge is -2.07. The number of benzene rings is 3. The summed E-state index contributed by atoms with van der Waals surface area (Å²) < 4.78 is 0. The molecule has 8 nitrogen and oxygen atoms in total. The van der Waals surface area contributed by atoms with Crippen LogP contribution >= 0.6 is 11.6 Å². The number of rotatable bonds is 6. The molecule has 29 heavy (non-hydrogen) atoms. The van der Waals surface area contributed by atoms with Gasteiger partial charge in [-0.2, -0.15) is 5.10 Å². The molecule has 2 amide bonds. The van der Waals surface area contributed by atoms with Crippen molar-refractivity contribution >= 4 is 46.1 Å². The predicted octanol–water partition coefficient (Wildman–Crippen LogP) is 3.28. The zero-order valence-electron chi connectivity index (χ0n) is 15.0. The number of carbonyl (C=O) groups is 2. The molecule has 9 heteroatoms. The van der Waals surface area contributed by atoms with Gasteiger partial charge in [-0.25, -0.2) is 5.43 Å². The largest absolute Gasteiger partial charge is 0.343 e. The van der Waals surface area contributed by atoms with Gasteiger partial charge in [0.25, 0.3) is 17.5 Å². The summed E-state index contributed by atoms with van der Waals surface area (Å²) >= 11 is 5.74. The Balaban J connectivity index is 1.57. The van der Waals surface area contributed by atoms with Gasteiger partial charge in [-0.05, 0) is 22.9 Å². The molecule has 2 N–H and O–H groups in total. The van der Waals surface area contributed by atoms with E-state index in [0.29, 0.717) is 11.1 Å². The molecule has 3 aromatic rings. The molecule has 0 spiro atoms. The second-order valence-electron chi connectivity index (χ2n) is 5.97. The third-order valence-electron chi connectivity index (χ3n) is 4.01. The molecule has 0 radical (unpaired) electrons. The highest BCUT2D eigenvalue weighted by Gasteiger charge is 2.12. The van der Waals surface area contributed by atoms with Crippen LogP contribution in [0.15, 0.2) is 65.8 Å². The number of fused-ring (bicyclic) bond motifs is 1. The summed E-state index contributed by atoms with van der Waals surface area (Å²) in [6.45, 7) is -0.278. The first-order valence-electron chi connectivity index (χ1n) is 8.47. The number of hydrazone groups is 1. The fourth-order valence-corrected chi connectivity index (χ4v) is 2.83. The Morgan fingerprint density at radius 3 is 2.66 bits per heavy atom. The van der Waals surface area contributed by atoms with Crippen molar-refractivity contribution in [1.82, 2.24) is 10.7 Å². The van der Waals surface area contributed by atoms with E-state index in [1.54, 1.807) is 12.1 Å². The average molecular weight is 411 g/mol. The Kier molecular flexibility index (Phi) is 6.16. The zero-order valence-corrected chi connectivity index (χ0v) is 15.7. The lowest BCUT2D eigenvalue weighted by atomic mass is 10.0. The highest BCUT2D eigenvalue weighted by Crippen LogP contribution is 2.24. The molecule has 0 aliphatic heterocycles. The van der Waals surface area contributed by atoms with Crippen molar-refractivity contribution in [1.29, 1.82) is 0 Å². The van der Waals surface area contributed by atoms with Crippen molar-refractivity contribution in [3.63, 3.8) is 0 Å². The van der Waals surface area contributed by atoms with Crippen molar-refractivity contribution in [2.45, 2.75) is 0 Å². The normalized spacial score (nSPS) is 10.8. The molecular weight excluding hydrogens is 396 g/mol. The van der Waals surface area contributed by atoms with Gasteiger partial charge in [-0.1, -0.05) is 54.1 Å². The van der Waals surface area contributed by atoms with Crippen LogP contribution in [0.2, 0.25) is 5.02 Å². The maximum atomic E-state index is 12.4. The van der Waals surface area contributed by atoms with Gasteiger partial charge in [0.15, 0.2) is 0 Å². The molecule has 0 fully saturated rings. The standard InChI is InChI=1S/C20H15ClN4O4/c21-17-9-8-13(10-18(17)25(28)29)11-23-24-19(26)12-22-20(27)16-7-3-5-14-4-1-2-6-15(14)16/h1-11H,12H2,(H,22,27)(H,24,26)/b23-11-. The van der Waals surface area contributed by atoms with Gasteiger partial charge in [0.05, 0.1) is 17.7 Å². The topological polar surface area (TPSA) is 114 Å². The number of hydrogen-bond donors (Lipinski definition) is 2. The number of amides is 2. The van der Waals surface area contributed by atoms with Crippen LogP contribution in [0.25, 0.3) is 10.8 Å². The van der Waals surface area contributed by atoms with E-state index in [9.17, 15) is 19.7 Å². The minimum atomic E-state index is -0.610. The second kappa shape index (κ2) is 8.94. The molecule has 0 aliphatic carbocycles. The van der Waals surface area contributed by atoms with Crippen molar-refractivity contribution in [2.75, 3.05) is 6.54 Å². The number of halogens is 1. The van der Waals surface area contributed by atoms with Gasteiger partial charge in [0.2, 0.25) is 0 Å². The van der Waals surface area contributed by atoms with Crippen molar-refractivity contribution < 1.29 is 14.5 Å². The van der Waals surface area contributed by atoms with Gasteiger partial charge in [0, 0.05) is 17.2 Å². The summed E-state index contributed by atoms with van der Waals surface area (Å²) in [7, 11) is 0. The van der Waals surface area contributed by atoms with Gasteiger partial charge < -0.3 is 5.32 Å². The number of hydrogen-bond acceptors (Lipinski definition) is 5. The Labute approximate surface area is 170 Å². The Hall–Kier alpha value is -3.78. The molecule has 3 rings (SSSR count). The van der Waals surface area contributed by atoms with E-state index in [1.165, 1.54) is 24.4 Å². The SMILES string of the molecule is O=C(CNC(=O)c1cccc2ccccc12)N/N=C\c1ccc(Cl)c([N+](=O)[O-])c1. The van der Waals surface area contributed by atoms with Gasteiger partial charge in [-0.3, -0.25) is 19.7 Å². The van der Waals surface area contributed by atoms with Crippen LogP contribution in [0.5, 0.6) is 0 Å². The van der Waals surface area contributed by atoms with E-state index < -0.39 is 10.8 Å². The van der Waals surface area contributed by atoms with E-state index in [1.807, 2.05) is 30.3 Å². The molecule has 146 valence electrons. The van der Waals surface area contributed by atoms with E-state index >= 15 is 0 Å². The lowest BCUT2D eigenvalue weighted by Crippen LogP contribution is -2.35. The molecule has 0 aromatic heterocycles. The third-order valence-corrected chi connectivity index (χ3v) is 4.33. The summed E-state index contributed by atoms with van der Waals surface area (Å²) in [6, 6.07) is 16.9. The van der Waals surface area contributed by atoms with Crippen LogP contribution in [-0.4, -0.2) is 29.5 Å². The molecule has 0 atom stereocenters. The van der Waals surface area contributed by atoms with E-state index in [2.05, 4.69) is 15.8 Å². The van der Waals surface area contributed by atoms with E-state index in [-0.39, 0.29) is 23.2 Å². The average Bonchev–Trinajstić information content (AvgIpc) is 2.72. The first kappa shape index (κ1) is 20.0. The monoisotopic (exact) mass is 410 g/mol. The van der Waals surface area contributed by atoms with Crippen molar-refractivity contribution in [3.8, 4) is 0 Å². The minimum Gasteiger partial charge on any atom is -0.343 e. The molecule has 0 heterocycles. The first-order chi connectivity index (χ1) is 14.0. The molecule has 0 unspecified atom stereocenters. The summed E-state index contributed by atoms with van der Waals surface area (Å²) in [4.78, 5) is 34.5. The molecule has 0 saturated carbocycles. The predicted molar refractivity (Wildman–Crippen MR) is 110 cm³/mol. The summed E-state index contributed by atoms with van der Waals surface area (Å²) in [5, 5.41) is 18.9. The van der Waals surface area contributed by atoms with E-state index in [4.69, 9.17) is 11.6 Å². The highest BCUT2D eigenvalue weighted by atomic mass is 35.5. The maximum Gasteiger partial charge on any atom is 0.288 e. The quantitative estimate of drug-likeness (QED) is 0.368. The first-order valence-corrected chi connectivity index (χ1v) is 8.85. The smallest absolute Gasteiger partial charge is 0.288 e. The number of nitrogens with one attached hydrogen (secondary N) is 2. The Bertz CT molecular complexity index is 1130. The third kappa shape index (κ3) is 4.94. The van der Waals surface area contributed by atoms with Crippen LogP contribution < -0.4 is 10.7 Å². The van der Waals surface area contributed by atoms with Crippen LogP contribution in [0, 0.1) is 10.1 Å². The van der Waals surface area contributed by atoms with E-state index in [0.717, 1.165) is 10.8 Å². The van der Waals surface area contributed by atoms with Crippen LogP contribution in [0.3, 0.4) is 0 Å².